The monoisotopic (exact) mass is 334 g/mol. The van der Waals surface area contributed by atoms with Gasteiger partial charge < -0.3 is 9.47 Å². The van der Waals surface area contributed by atoms with Crippen molar-refractivity contribution in [2.45, 2.75) is 52.1 Å². The molecular formula is C14H22O5S2. The topological polar surface area (TPSA) is 72.8 Å². The Kier molecular flexibility index (Phi) is 5.51. The molecule has 1 unspecified atom stereocenters. The van der Waals surface area contributed by atoms with E-state index in [4.69, 9.17) is 14.0 Å². The number of hydrogen-bond acceptors (Lipinski definition) is 5. The lowest BCUT2D eigenvalue weighted by molar-refractivity contribution is 0.0829. The molecular weight excluding hydrogens is 312 g/mol. The van der Waals surface area contributed by atoms with Crippen LogP contribution in [0.5, 0.6) is 11.5 Å². The van der Waals surface area contributed by atoms with Gasteiger partial charge in [0.05, 0.1) is 5.75 Å². The molecule has 21 heavy (non-hydrogen) atoms. The largest absolute Gasteiger partial charge is 0.485 e. The van der Waals surface area contributed by atoms with Crippen LogP contribution in [0.1, 0.15) is 41.9 Å². The normalized spacial score (nSPS) is 18.0. The quantitative estimate of drug-likeness (QED) is 0.611. The molecule has 1 aromatic heterocycles. The minimum atomic E-state index is -3.81. The van der Waals surface area contributed by atoms with E-state index in [1.807, 2.05) is 13.8 Å². The summed E-state index contributed by atoms with van der Waals surface area (Å²) < 4.78 is 41.6. The zero-order valence-electron chi connectivity index (χ0n) is 12.4. The molecule has 0 bridgehead atoms. The molecule has 1 aliphatic rings. The van der Waals surface area contributed by atoms with Crippen molar-refractivity contribution in [2.75, 3.05) is 12.4 Å². The highest BCUT2D eigenvalue weighted by Crippen LogP contribution is 2.44. The van der Waals surface area contributed by atoms with Crippen molar-refractivity contribution < 1.29 is 22.4 Å². The second kappa shape index (κ2) is 6.98. The summed E-state index contributed by atoms with van der Waals surface area (Å²) in [4.78, 5) is 2.31. The molecule has 0 saturated heterocycles. The molecule has 1 atom stereocenters. The molecule has 2 rings (SSSR count). The fourth-order valence-electron chi connectivity index (χ4n) is 2.48. The lowest BCUT2D eigenvalue weighted by Gasteiger charge is -2.25. The van der Waals surface area contributed by atoms with E-state index in [2.05, 4.69) is 0 Å². The SMILES string of the molecule is Cc1sc(C)c2c1OCC(CCCCCCS(=O)(=O)O)O2. The van der Waals surface area contributed by atoms with E-state index in [9.17, 15) is 8.42 Å². The van der Waals surface area contributed by atoms with Gasteiger partial charge in [-0.3, -0.25) is 4.55 Å². The predicted octanol–water partition coefficient (Wildman–Crippen LogP) is 3.34. The summed E-state index contributed by atoms with van der Waals surface area (Å²) >= 11 is 1.69. The maximum atomic E-state index is 10.6. The first kappa shape index (κ1) is 16.6. The van der Waals surface area contributed by atoms with Crippen molar-refractivity contribution in [3.8, 4) is 11.5 Å². The van der Waals surface area contributed by atoms with Gasteiger partial charge in [-0.15, -0.1) is 11.3 Å². The standard InChI is InChI=1S/C14H22O5S2/c1-10-13-14(11(2)20-10)19-12(9-18-13)7-5-3-4-6-8-21(15,16)17/h12H,3-9H2,1-2H3,(H,15,16,17). The average Bonchev–Trinajstić information content (AvgIpc) is 2.68. The molecule has 1 N–H and O–H groups in total. The van der Waals surface area contributed by atoms with Gasteiger partial charge in [0.15, 0.2) is 11.5 Å². The minimum absolute atomic E-state index is 0.0757. The van der Waals surface area contributed by atoms with Crippen LogP contribution in [0.3, 0.4) is 0 Å². The van der Waals surface area contributed by atoms with Crippen molar-refractivity contribution >= 4 is 21.5 Å². The Labute approximate surface area is 130 Å². The number of ether oxygens (including phenoxy) is 2. The molecule has 1 aromatic rings. The first-order valence-electron chi connectivity index (χ1n) is 7.21. The molecule has 7 heteroatoms. The number of unbranched alkanes of at least 4 members (excludes halogenated alkanes) is 3. The van der Waals surface area contributed by atoms with Crippen LogP contribution in [0.25, 0.3) is 0 Å². The van der Waals surface area contributed by atoms with Crippen LogP contribution in [0.2, 0.25) is 0 Å². The van der Waals surface area contributed by atoms with E-state index in [0.717, 1.165) is 46.9 Å². The summed E-state index contributed by atoms with van der Waals surface area (Å²) in [7, 11) is -3.81. The number of rotatable bonds is 7. The Morgan fingerprint density at radius 2 is 1.81 bits per heavy atom. The van der Waals surface area contributed by atoms with Gasteiger partial charge in [0.1, 0.15) is 12.7 Å². The van der Waals surface area contributed by atoms with E-state index >= 15 is 0 Å². The maximum absolute atomic E-state index is 10.6. The number of hydrogen-bond donors (Lipinski definition) is 1. The Morgan fingerprint density at radius 1 is 1.14 bits per heavy atom. The highest BCUT2D eigenvalue weighted by atomic mass is 32.2. The summed E-state index contributed by atoms with van der Waals surface area (Å²) in [5, 5.41) is 0. The number of aryl methyl sites for hydroxylation is 2. The van der Waals surface area contributed by atoms with Crippen molar-refractivity contribution in [3.63, 3.8) is 0 Å². The van der Waals surface area contributed by atoms with Crippen LogP contribution >= 0.6 is 11.3 Å². The molecule has 120 valence electrons. The summed E-state index contributed by atoms with van der Waals surface area (Å²) in [5.74, 6) is 1.63. The third-order valence-electron chi connectivity index (χ3n) is 3.53. The molecule has 0 saturated carbocycles. The molecule has 5 nitrogen and oxygen atoms in total. The molecule has 0 aliphatic carbocycles. The van der Waals surface area contributed by atoms with E-state index in [0.29, 0.717) is 13.0 Å². The Balaban J connectivity index is 1.68. The van der Waals surface area contributed by atoms with E-state index in [-0.39, 0.29) is 11.9 Å². The third kappa shape index (κ3) is 4.86. The van der Waals surface area contributed by atoms with Gasteiger partial charge in [0, 0.05) is 9.75 Å². The lowest BCUT2D eigenvalue weighted by Crippen LogP contribution is -2.28. The van der Waals surface area contributed by atoms with Crippen molar-refractivity contribution in [1.82, 2.24) is 0 Å². The fourth-order valence-corrected chi connectivity index (χ4v) is 3.98. The van der Waals surface area contributed by atoms with Gasteiger partial charge in [-0.2, -0.15) is 8.42 Å². The molecule has 0 amide bonds. The van der Waals surface area contributed by atoms with Crippen molar-refractivity contribution in [3.05, 3.63) is 9.75 Å². The summed E-state index contributed by atoms with van der Waals surface area (Å²) in [6.07, 6.45) is 4.19. The van der Waals surface area contributed by atoms with Gasteiger partial charge in [0.2, 0.25) is 0 Å². The molecule has 0 radical (unpaired) electrons. The second-order valence-corrected chi connectivity index (χ2v) is 8.41. The van der Waals surface area contributed by atoms with Crippen LogP contribution in [0, 0.1) is 13.8 Å². The zero-order valence-corrected chi connectivity index (χ0v) is 14.1. The van der Waals surface area contributed by atoms with E-state index in [1.54, 1.807) is 11.3 Å². The summed E-state index contributed by atoms with van der Waals surface area (Å²) in [6.45, 7) is 4.65. The number of fused-ring (bicyclic) bond motifs is 1. The molecule has 1 aliphatic heterocycles. The summed E-state index contributed by atoms with van der Waals surface area (Å²) in [5.41, 5.74) is 0. The van der Waals surface area contributed by atoms with E-state index < -0.39 is 10.1 Å². The third-order valence-corrected chi connectivity index (χ3v) is 5.32. The van der Waals surface area contributed by atoms with Gasteiger partial charge >= 0.3 is 0 Å². The molecule has 0 aromatic carbocycles. The van der Waals surface area contributed by atoms with Crippen LogP contribution in [0.4, 0.5) is 0 Å². The summed E-state index contributed by atoms with van der Waals surface area (Å²) in [6, 6.07) is 0. The first-order chi connectivity index (χ1) is 9.87. The lowest BCUT2D eigenvalue weighted by atomic mass is 10.1. The van der Waals surface area contributed by atoms with E-state index in [1.165, 1.54) is 0 Å². The zero-order chi connectivity index (χ0) is 15.5. The van der Waals surface area contributed by atoms with Crippen LogP contribution < -0.4 is 9.47 Å². The predicted molar refractivity (Wildman–Crippen MR) is 83.2 cm³/mol. The maximum Gasteiger partial charge on any atom is 0.264 e. The molecule has 0 fully saturated rings. The fraction of sp³-hybridized carbons (Fsp3) is 0.714. The Bertz CT molecular complexity index is 576. The van der Waals surface area contributed by atoms with Crippen LogP contribution in [0.15, 0.2) is 0 Å². The Hall–Kier alpha value is -0.790. The average molecular weight is 334 g/mol. The van der Waals surface area contributed by atoms with Gasteiger partial charge in [-0.05, 0) is 33.1 Å². The highest BCUT2D eigenvalue weighted by Gasteiger charge is 2.25. The van der Waals surface area contributed by atoms with Crippen LogP contribution in [-0.2, 0) is 10.1 Å². The Morgan fingerprint density at radius 3 is 2.52 bits per heavy atom. The highest BCUT2D eigenvalue weighted by molar-refractivity contribution is 7.85. The second-order valence-electron chi connectivity index (χ2n) is 5.41. The van der Waals surface area contributed by atoms with Crippen molar-refractivity contribution in [2.24, 2.45) is 0 Å². The first-order valence-corrected chi connectivity index (χ1v) is 9.64. The van der Waals surface area contributed by atoms with Gasteiger partial charge in [-0.25, -0.2) is 0 Å². The molecule has 0 spiro atoms. The molecule has 2 heterocycles. The van der Waals surface area contributed by atoms with Gasteiger partial charge in [-0.1, -0.05) is 12.8 Å². The van der Waals surface area contributed by atoms with Crippen molar-refractivity contribution in [1.29, 1.82) is 0 Å². The van der Waals surface area contributed by atoms with Crippen LogP contribution in [-0.4, -0.2) is 31.4 Å². The number of thiophene rings is 1. The minimum Gasteiger partial charge on any atom is -0.485 e. The smallest absolute Gasteiger partial charge is 0.264 e. The van der Waals surface area contributed by atoms with Gasteiger partial charge in [0.25, 0.3) is 10.1 Å².